The molecule has 9 rings (SSSR count). The van der Waals surface area contributed by atoms with E-state index in [1.54, 1.807) is 126 Å². The molecular formula is C118H190N14O17. The van der Waals surface area contributed by atoms with Crippen LogP contribution in [0.2, 0.25) is 0 Å². The summed E-state index contributed by atoms with van der Waals surface area (Å²) in [4.78, 5) is 182. The van der Waals surface area contributed by atoms with Crippen LogP contribution in [0.25, 0.3) is 0 Å². The second-order valence-electron chi connectivity index (χ2n) is 40.6. The molecule has 6 fully saturated rings. The van der Waals surface area contributed by atoms with Gasteiger partial charge in [0.2, 0.25) is 17.7 Å². The number of epoxide rings is 1. The molecule has 1 N–H and O–H groups in total. The predicted molar refractivity (Wildman–Crippen MR) is 600 cm³/mol. The van der Waals surface area contributed by atoms with Crippen molar-refractivity contribution in [2.45, 2.75) is 264 Å². The number of amides is 3. The molecule has 6 aliphatic rings. The van der Waals surface area contributed by atoms with Gasteiger partial charge in [0.1, 0.15) is 12.7 Å². The van der Waals surface area contributed by atoms with Gasteiger partial charge in [-0.3, -0.25) is 82.2 Å². The molecular weight excluding hydrogens is 1890 g/mol. The Labute approximate surface area is 899 Å². The maximum atomic E-state index is 11.4. The summed E-state index contributed by atoms with van der Waals surface area (Å²) in [6.07, 6.45) is 50.2. The van der Waals surface area contributed by atoms with E-state index in [2.05, 4.69) is 56.3 Å². The van der Waals surface area contributed by atoms with Gasteiger partial charge in [0, 0.05) is 197 Å². The molecule has 0 aliphatic carbocycles. The number of imidazole rings is 1. The Morgan fingerprint density at radius 2 is 0.745 bits per heavy atom. The lowest BCUT2D eigenvalue weighted by molar-refractivity contribution is -0.133. The summed E-state index contributed by atoms with van der Waals surface area (Å²) < 4.78 is 36.9. The molecule has 3 aromatic heterocycles. The average molecular weight is 2080 g/mol. The first-order valence-electron chi connectivity index (χ1n) is 54.2. The van der Waals surface area contributed by atoms with Gasteiger partial charge in [-0.1, -0.05) is 239 Å². The average Bonchev–Trinajstić information content (AvgIpc) is 1.75. The summed E-state index contributed by atoms with van der Waals surface area (Å²) in [6, 6.07) is 4.06. The normalized spacial score (nSPS) is 15.5. The lowest BCUT2D eigenvalue weighted by atomic mass is 10.1. The van der Waals surface area contributed by atoms with E-state index in [9.17, 15) is 71.9 Å². The van der Waals surface area contributed by atoms with Crippen molar-refractivity contribution in [2.75, 3.05) is 126 Å². The van der Waals surface area contributed by atoms with Crippen molar-refractivity contribution < 1.29 is 85.5 Å². The van der Waals surface area contributed by atoms with E-state index in [-0.39, 0.29) is 171 Å². The monoisotopic (exact) mass is 2080 g/mol. The minimum atomic E-state index is -2.09. The molecule has 0 bridgehead atoms. The van der Waals surface area contributed by atoms with E-state index in [0.717, 1.165) is 82.9 Å². The van der Waals surface area contributed by atoms with Crippen molar-refractivity contribution in [3.05, 3.63) is 201 Å². The Balaban J connectivity index is -0.00000160. The first-order valence-corrected chi connectivity index (χ1v) is 52.7. The number of likely N-dealkylation sites (tertiary alicyclic amines) is 4. The van der Waals surface area contributed by atoms with Crippen LogP contribution in [-0.4, -0.2) is 283 Å². The second kappa shape index (κ2) is 83.1. The van der Waals surface area contributed by atoms with Crippen LogP contribution in [0.4, 0.5) is 0 Å². The third-order valence-corrected chi connectivity index (χ3v) is 22.3. The number of aryl methyl sites for hydroxylation is 3. The highest BCUT2D eigenvalue weighted by molar-refractivity contribution is 5.96. The third-order valence-electron chi connectivity index (χ3n) is 22.3. The first kappa shape index (κ1) is 135. The van der Waals surface area contributed by atoms with Gasteiger partial charge in [-0.15, -0.1) is 5.10 Å². The van der Waals surface area contributed by atoms with Gasteiger partial charge in [0.25, 0.3) is 0 Å². The molecule has 3 amide bonds. The smallest absolute Gasteiger partial charge is 0.222 e. The largest absolute Gasteiger partial charge is 0.477 e. The Bertz CT molecular complexity index is 4710. The minimum Gasteiger partial charge on any atom is -0.477 e. The van der Waals surface area contributed by atoms with E-state index < -0.39 is 6.98 Å². The maximum absolute atomic E-state index is 11.4. The van der Waals surface area contributed by atoms with Crippen LogP contribution in [0.1, 0.15) is 239 Å². The Morgan fingerprint density at radius 3 is 1.02 bits per heavy atom. The Hall–Kier alpha value is -11.6. The number of allylic oxidation sites excluding steroid dienone is 14. The third kappa shape index (κ3) is 74.0. The number of hydrazine groups is 1. The number of likely N-dealkylation sites (N-methyl/N-ethyl adjacent to an activating group) is 2. The SMILES string of the molecule is C=C1NN(C/C=C/C(=O)C(C)C)CCO1.C=CC(=O)C(C)C.CC(C)C(=O)/C=C/CN(C)C.CC(C)C(=O)/C=C/CN1CCC1.CC(C)C(=O)/C=C/CN1CCCC1=O.CC(C)C(=O)/C=C/CN1CCCC1=O.CC(C)C(=O)/C=C/CN1CCCCC1=O.CC(C)C(=O)C1CO1.Cc1cccn1C/C=C/C(=O)C(C)C.Cc1cncn1C/C=C/C(=O)C(C)C.Cc1cnnn1C/C=C/C(=O)C(C)C.[2H]C([2H])([2H])N(C)C/C=C/C(=O)C(C)C. The summed E-state index contributed by atoms with van der Waals surface area (Å²) in [5, 5.41) is 9.56. The fraction of sp³-hybridized carbons (Fsp3) is 0.593. The van der Waals surface area contributed by atoms with Gasteiger partial charge in [0.15, 0.2) is 75.3 Å². The highest BCUT2D eigenvalue weighted by Crippen LogP contribution is 2.17. The van der Waals surface area contributed by atoms with E-state index in [0.29, 0.717) is 77.6 Å². The van der Waals surface area contributed by atoms with Gasteiger partial charge in [-0.05, 0) is 180 Å². The highest BCUT2D eigenvalue weighted by atomic mass is 16.6. The zero-order valence-electron chi connectivity index (χ0n) is 99.1. The zero-order chi connectivity index (χ0) is 116. The van der Waals surface area contributed by atoms with E-state index in [1.165, 1.54) is 49.3 Å². The summed E-state index contributed by atoms with van der Waals surface area (Å²) in [5.41, 5.74) is 6.28. The number of piperidine rings is 1. The van der Waals surface area contributed by atoms with Crippen molar-refractivity contribution in [1.82, 2.24) is 68.9 Å². The first-order chi connectivity index (χ1) is 71.1. The van der Waals surface area contributed by atoms with Crippen molar-refractivity contribution >= 4 is 87.1 Å². The van der Waals surface area contributed by atoms with Crippen LogP contribution >= 0.6 is 0 Å². The van der Waals surface area contributed by atoms with Crippen molar-refractivity contribution in [3.63, 3.8) is 0 Å². The summed E-state index contributed by atoms with van der Waals surface area (Å²) >= 11 is 0. The number of nitrogens with one attached hydrogen (secondary N) is 1. The number of nitrogens with zero attached hydrogens (tertiary/aromatic N) is 13. The Morgan fingerprint density at radius 1 is 0.403 bits per heavy atom. The molecule has 0 radical (unpaired) electrons. The lowest BCUT2D eigenvalue weighted by Gasteiger charge is -2.29. The second-order valence-corrected chi connectivity index (χ2v) is 40.6. The van der Waals surface area contributed by atoms with E-state index in [4.69, 9.17) is 13.6 Å². The Kier molecular flexibility index (Phi) is 75.5. The van der Waals surface area contributed by atoms with Crippen LogP contribution in [-0.2, 0) is 101 Å². The van der Waals surface area contributed by atoms with Gasteiger partial charge >= 0.3 is 0 Å². The van der Waals surface area contributed by atoms with Gasteiger partial charge in [-0.2, -0.15) is 0 Å². The number of rotatable bonds is 44. The molecule has 1 atom stereocenters. The van der Waals surface area contributed by atoms with Crippen molar-refractivity contribution in [1.29, 1.82) is 0 Å². The zero-order valence-corrected chi connectivity index (χ0v) is 96.1. The molecule has 31 nitrogen and oxygen atoms in total. The fourth-order valence-corrected chi connectivity index (χ4v) is 11.7. The van der Waals surface area contributed by atoms with E-state index >= 15 is 0 Å². The predicted octanol–water partition coefficient (Wildman–Crippen LogP) is 17.7. The fourth-order valence-electron chi connectivity index (χ4n) is 11.7. The molecule has 0 spiro atoms. The number of ether oxygens (including phenoxy) is 2. The standard InChI is InChI=1S/C12H19NO2.C12H17NO.C11H18N2O2.C11H16N2O.2C11H17NO2.C10H15N3O.C10H17NO.2C9H17NO.C6H10O2.C6H10O/c1-10(2)11(14)6-5-9-13-8-4-3-7-12(13)15;1-10(2)12(14)7-5-9-13-8-4-6-11(13)3;1-9(2)11(14)5-4-6-13-7-8-15-10(3)12-13;1-9(2)11(14)5-4-6-13-8-12-7-10(13)3;2*1-9(2)10(13)5-3-7-12-8-4-6-11(12)14;1-8(2)10(14)5-4-6-13-9(3)7-11-12-13;1-9(2)10(12)5-3-6-11-7-4-8-11;2*1-8(2)9(11)6-5-7-10(3)4;1-4(2)6(7)5-3-8-5;1-4-6(7)5(2)3/h5-6,10H,3-4,7-9H2,1-2H3;4-8,10H,9H2,1-3H3;4-5,9,12H,3,6-8H2,1-2H3;4-5,7-9H,6H2,1-3H3;2*3,5,9H,4,6-8H2,1-2H3;4-5,7-8H,6H2,1-3H3;3,5,9H,4,6-8H2,1-2H3;2*5-6,8H,7H2,1-4H3;4-5H,3H2,1-2H3;4-5H,1H2,2-3H3/b6-5+;7-5+;2*5-4+;2*5-3+;5-4+;5-3+;2*6-5+;;/i;;;;;;;;3D3;;;. The van der Waals surface area contributed by atoms with Crippen LogP contribution in [0, 0.1) is 91.8 Å². The molecule has 6 aliphatic heterocycles. The van der Waals surface area contributed by atoms with Gasteiger partial charge in [-0.25, -0.2) is 14.7 Å². The molecule has 31 heteroatoms. The van der Waals surface area contributed by atoms with Gasteiger partial charge in [0.05, 0.1) is 37.9 Å². The summed E-state index contributed by atoms with van der Waals surface area (Å²) in [7, 11) is 5.45. The number of carbonyl (C=O) groups excluding carboxylic acids is 15. The number of Topliss-reactive ketones (excluding diaryl/α,β-unsaturated/α-hetero) is 1. The number of hydrogen-bond acceptors (Lipinski definition) is 25. The number of aromatic nitrogens is 6. The molecule has 0 aromatic carbocycles. The molecule has 9 heterocycles. The summed E-state index contributed by atoms with van der Waals surface area (Å²) in [6.45, 7) is 69.5. The van der Waals surface area contributed by atoms with Crippen molar-refractivity contribution in [3.8, 4) is 0 Å². The van der Waals surface area contributed by atoms with Crippen LogP contribution in [0.3, 0.4) is 0 Å². The molecule has 0 saturated carbocycles. The van der Waals surface area contributed by atoms with Crippen LogP contribution in [0.15, 0.2) is 184 Å². The van der Waals surface area contributed by atoms with Gasteiger partial charge < -0.3 is 43.1 Å². The summed E-state index contributed by atoms with van der Waals surface area (Å²) in [5.74, 6) is 3.89. The quantitative estimate of drug-likeness (QED) is 0.0406. The highest BCUT2D eigenvalue weighted by Gasteiger charge is 2.32. The van der Waals surface area contributed by atoms with E-state index in [1.807, 2.05) is 248 Å². The van der Waals surface area contributed by atoms with Crippen LogP contribution in [0.5, 0.6) is 0 Å². The molecule has 1 unspecified atom stereocenters. The molecule has 834 valence electrons. The lowest BCUT2D eigenvalue weighted by Crippen LogP contribution is -2.44. The molecule has 3 aromatic rings. The minimum absolute atomic E-state index is 0.0175. The maximum Gasteiger partial charge on any atom is 0.222 e. The molecule has 149 heavy (non-hydrogen) atoms. The number of ketones is 12. The number of hydrogen-bond donors (Lipinski definition) is 1. The topological polar surface area (TPSA) is 366 Å². The molecule has 6 saturated heterocycles. The van der Waals surface area contributed by atoms with Crippen LogP contribution < -0.4 is 5.43 Å². The number of carbonyl (C=O) groups is 15. The van der Waals surface area contributed by atoms with Crippen molar-refractivity contribution in [2.24, 2.45) is 71.0 Å².